The Morgan fingerprint density at radius 2 is 1.97 bits per heavy atom. The number of carboxylic acid groups (broad SMARTS) is 1. The average molecular weight is 390 g/mol. The van der Waals surface area contributed by atoms with Gasteiger partial charge in [-0.25, -0.2) is 9.78 Å². The number of rotatable bonds is 6. The van der Waals surface area contributed by atoms with Crippen LogP contribution in [0.2, 0.25) is 0 Å². The highest BCUT2D eigenvalue weighted by Crippen LogP contribution is 2.34. The summed E-state index contributed by atoms with van der Waals surface area (Å²) in [4.78, 5) is 28.3. The predicted octanol–water partition coefficient (Wildman–Crippen LogP) is 4.03. The van der Waals surface area contributed by atoms with Crippen molar-refractivity contribution in [2.75, 3.05) is 0 Å². The lowest BCUT2D eigenvalue weighted by Gasteiger charge is -2.28. The number of carboxylic acids is 1. The van der Waals surface area contributed by atoms with Crippen molar-refractivity contribution in [2.24, 2.45) is 0 Å². The van der Waals surface area contributed by atoms with E-state index in [-0.39, 0.29) is 5.92 Å². The summed E-state index contributed by atoms with van der Waals surface area (Å²) < 4.78 is 5.24. The molecule has 0 saturated carbocycles. The number of aryl methyl sites for hydroxylation is 1. The fraction of sp³-hybridized carbons (Fsp3) is 0.261. The van der Waals surface area contributed by atoms with E-state index in [0.717, 1.165) is 24.8 Å². The summed E-state index contributed by atoms with van der Waals surface area (Å²) in [7, 11) is 0. The molecule has 1 heterocycles. The number of aromatic nitrogens is 1. The van der Waals surface area contributed by atoms with E-state index in [9.17, 15) is 14.7 Å². The van der Waals surface area contributed by atoms with Crippen molar-refractivity contribution in [3.05, 3.63) is 77.8 Å². The summed E-state index contributed by atoms with van der Waals surface area (Å²) in [6.45, 7) is 0. The number of hydrogen-bond acceptors (Lipinski definition) is 4. The van der Waals surface area contributed by atoms with Gasteiger partial charge in [0.1, 0.15) is 6.04 Å². The Labute approximate surface area is 168 Å². The molecule has 0 spiro atoms. The maximum atomic E-state index is 12.6. The van der Waals surface area contributed by atoms with E-state index in [4.69, 9.17) is 4.42 Å². The van der Waals surface area contributed by atoms with Crippen molar-refractivity contribution in [3.63, 3.8) is 0 Å². The van der Waals surface area contributed by atoms with Crippen LogP contribution in [0.5, 0.6) is 0 Å². The van der Waals surface area contributed by atoms with Crippen LogP contribution < -0.4 is 5.32 Å². The Morgan fingerprint density at radius 3 is 2.69 bits per heavy atom. The van der Waals surface area contributed by atoms with Gasteiger partial charge >= 0.3 is 5.97 Å². The Bertz CT molecular complexity index is 996. The molecule has 6 nitrogen and oxygen atoms in total. The average Bonchev–Trinajstić information content (AvgIpc) is 3.28. The van der Waals surface area contributed by atoms with Crippen LogP contribution in [0.25, 0.3) is 11.3 Å². The lowest BCUT2D eigenvalue weighted by Crippen LogP contribution is -2.42. The van der Waals surface area contributed by atoms with Gasteiger partial charge in [0.05, 0.1) is 6.20 Å². The summed E-state index contributed by atoms with van der Waals surface area (Å²) in [6.07, 6.45) is 6.31. The molecule has 3 aromatic rings. The van der Waals surface area contributed by atoms with Gasteiger partial charge in [-0.1, -0.05) is 36.4 Å². The molecule has 0 saturated heterocycles. The minimum Gasteiger partial charge on any atom is -0.480 e. The number of carbonyl (C=O) groups is 2. The third-order valence-electron chi connectivity index (χ3n) is 5.48. The second-order valence-electron chi connectivity index (χ2n) is 7.33. The molecule has 0 radical (unpaired) electrons. The molecule has 1 aliphatic rings. The molecule has 0 fully saturated rings. The van der Waals surface area contributed by atoms with Crippen LogP contribution in [0, 0.1) is 0 Å². The van der Waals surface area contributed by atoms with Crippen molar-refractivity contribution in [1.29, 1.82) is 0 Å². The molecule has 2 unspecified atom stereocenters. The quantitative estimate of drug-likeness (QED) is 0.663. The fourth-order valence-electron chi connectivity index (χ4n) is 3.99. The van der Waals surface area contributed by atoms with Gasteiger partial charge in [-0.15, -0.1) is 0 Å². The minimum absolute atomic E-state index is 0.134. The molecule has 29 heavy (non-hydrogen) atoms. The molecule has 6 heteroatoms. The van der Waals surface area contributed by atoms with Gasteiger partial charge in [0, 0.05) is 11.1 Å². The van der Waals surface area contributed by atoms with Crippen LogP contribution in [0.3, 0.4) is 0 Å². The van der Waals surface area contributed by atoms with Crippen molar-refractivity contribution in [3.8, 4) is 11.3 Å². The number of oxazole rings is 1. The Balaban J connectivity index is 1.46. The predicted molar refractivity (Wildman–Crippen MR) is 108 cm³/mol. The number of nitrogens with zero attached hydrogens (tertiary/aromatic N) is 1. The summed E-state index contributed by atoms with van der Waals surface area (Å²) >= 11 is 0. The summed E-state index contributed by atoms with van der Waals surface area (Å²) in [5.74, 6) is -0.670. The van der Waals surface area contributed by atoms with E-state index in [1.807, 2.05) is 12.1 Å². The summed E-state index contributed by atoms with van der Waals surface area (Å²) in [5.41, 5.74) is 3.69. The molecule has 2 N–H and O–H groups in total. The number of amides is 1. The Morgan fingerprint density at radius 1 is 1.17 bits per heavy atom. The third kappa shape index (κ3) is 4.21. The zero-order valence-corrected chi connectivity index (χ0v) is 15.9. The van der Waals surface area contributed by atoms with E-state index in [2.05, 4.69) is 22.4 Å². The van der Waals surface area contributed by atoms with Gasteiger partial charge in [-0.05, 0) is 54.9 Å². The minimum atomic E-state index is -1.01. The smallest absolute Gasteiger partial charge is 0.326 e. The number of aliphatic carboxylic acids is 1. The van der Waals surface area contributed by atoms with Gasteiger partial charge in [0.25, 0.3) is 5.91 Å². The molecule has 1 aliphatic carbocycles. The zero-order valence-electron chi connectivity index (χ0n) is 15.9. The van der Waals surface area contributed by atoms with Crippen LogP contribution in [0.15, 0.2) is 65.5 Å². The van der Waals surface area contributed by atoms with Gasteiger partial charge in [0.15, 0.2) is 12.2 Å². The van der Waals surface area contributed by atoms with Gasteiger partial charge in [-0.3, -0.25) is 4.79 Å². The highest BCUT2D eigenvalue weighted by atomic mass is 16.4. The number of carbonyl (C=O) groups excluding carboxylic acids is 1. The van der Waals surface area contributed by atoms with Crippen molar-refractivity contribution < 1.29 is 19.1 Å². The molecule has 2 aromatic carbocycles. The van der Waals surface area contributed by atoms with E-state index < -0.39 is 17.9 Å². The highest BCUT2D eigenvalue weighted by Gasteiger charge is 2.28. The van der Waals surface area contributed by atoms with Gasteiger partial charge in [0.2, 0.25) is 0 Å². The number of fused-ring (bicyclic) bond motifs is 1. The van der Waals surface area contributed by atoms with Crippen LogP contribution >= 0.6 is 0 Å². The number of nitrogens with one attached hydrogen (secondary N) is 1. The first kappa shape index (κ1) is 18.9. The van der Waals surface area contributed by atoms with Crippen LogP contribution in [-0.4, -0.2) is 28.0 Å². The lowest BCUT2D eigenvalue weighted by atomic mass is 9.79. The second-order valence-corrected chi connectivity index (χ2v) is 7.33. The van der Waals surface area contributed by atoms with Crippen LogP contribution in [0.1, 0.15) is 46.7 Å². The lowest BCUT2D eigenvalue weighted by molar-refractivity contribution is -0.139. The molecular weight excluding hydrogens is 368 g/mol. The van der Waals surface area contributed by atoms with E-state index in [1.165, 1.54) is 17.5 Å². The standard InChI is InChI=1S/C23H22N2O4/c26-22(17-10-8-16(9-11-17)21-13-24-14-29-21)25-20(23(27)28)12-18-6-3-5-15-4-1-2-7-19(15)18/h1-2,4,7-11,13-14,18,20H,3,5-6,12H2,(H,25,26)(H,27,28). The van der Waals surface area contributed by atoms with Crippen LogP contribution in [0.4, 0.5) is 0 Å². The molecule has 148 valence electrons. The fourth-order valence-corrected chi connectivity index (χ4v) is 3.99. The largest absolute Gasteiger partial charge is 0.480 e. The summed E-state index contributed by atoms with van der Waals surface area (Å²) in [5, 5.41) is 12.4. The second kappa shape index (κ2) is 8.31. The molecular formula is C23H22N2O4. The van der Waals surface area contributed by atoms with Crippen molar-refractivity contribution >= 4 is 11.9 Å². The molecule has 1 amide bonds. The van der Waals surface area contributed by atoms with Crippen molar-refractivity contribution in [1.82, 2.24) is 10.3 Å². The highest BCUT2D eigenvalue weighted by molar-refractivity contribution is 5.96. The number of hydrogen-bond donors (Lipinski definition) is 2. The normalized spacial score (nSPS) is 16.6. The molecule has 4 rings (SSSR count). The van der Waals surface area contributed by atoms with Gasteiger partial charge in [-0.2, -0.15) is 0 Å². The van der Waals surface area contributed by atoms with E-state index in [0.29, 0.717) is 17.7 Å². The maximum Gasteiger partial charge on any atom is 0.326 e. The first-order valence-electron chi connectivity index (χ1n) is 9.72. The van der Waals surface area contributed by atoms with Crippen LogP contribution in [-0.2, 0) is 11.2 Å². The van der Waals surface area contributed by atoms with Gasteiger partial charge < -0.3 is 14.8 Å². The third-order valence-corrected chi connectivity index (χ3v) is 5.48. The first-order valence-corrected chi connectivity index (χ1v) is 9.72. The summed E-state index contributed by atoms with van der Waals surface area (Å²) in [6, 6.07) is 14.1. The first-order chi connectivity index (χ1) is 14.1. The van der Waals surface area contributed by atoms with E-state index >= 15 is 0 Å². The monoisotopic (exact) mass is 390 g/mol. The van der Waals surface area contributed by atoms with E-state index in [1.54, 1.807) is 30.5 Å². The molecule has 0 aliphatic heterocycles. The molecule has 1 aromatic heterocycles. The maximum absolute atomic E-state index is 12.6. The SMILES string of the molecule is O=C(NC(CC1CCCc2ccccc21)C(=O)O)c1ccc(-c2cnco2)cc1. The topological polar surface area (TPSA) is 92.4 Å². The molecule has 2 atom stereocenters. The zero-order chi connectivity index (χ0) is 20.2. The Kier molecular flexibility index (Phi) is 5.42. The van der Waals surface area contributed by atoms with Crippen molar-refractivity contribution in [2.45, 2.75) is 37.6 Å². The number of benzene rings is 2. The Hall–Kier alpha value is -3.41. The molecule has 0 bridgehead atoms.